The van der Waals surface area contributed by atoms with Crippen LogP contribution < -0.4 is 34.4 Å². The minimum Gasteiger partial charge on any atom is -0.382 e. The maximum atomic E-state index is 14.7. The molecule has 0 amide bonds. The summed E-state index contributed by atoms with van der Waals surface area (Å²) >= 11 is 0. The molecule has 0 radical (unpaired) electrons. The van der Waals surface area contributed by atoms with E-state index >= 15 is 0 Å². The minimum atomic E-state index is -5.63. The standard InChI is InChI=1S/C45H71N18O25P3/c1-71-45-35(34(80-24-77-13-10-74-7-4-48)44(85-45)63-21-60-29-38(51)54-18-57-41(29)63)88-91(69,70)82-15-26-31(33(79-23-76-12-9-73-6-3-47)43(84-26)62-20-59-28-37(50)53-17-56-40(28)62)87-90(67,68)81-14-25-30(86-89(64,65)66)32(78-22-75-11-8-72-5-2-46)42(83-25)61-19-58-27-36(49)52-16-55-39(27)61/h16-21,25-26,30-35,42-45H,2-15,22-24,46-48H2,1H3,(H,67,68)(H,69,70)(H2,49,52,55)(H2,50,53,56)(H2,51,54,57)(H2,64,65,66)/t25-,26-,30?,31?,32+,33+,34+,35?,42-,43-,44-,45+/m1/s1. The monoisotopic (exact) mass is 1360 g/mol. The molecular weight excluding hydrogens is 1290 g/mol. The Labute approximate surface area is 515 Å². The van der Waals surface area contributed by atoms with Crippen LogP contribution in [0.25, 0.3) is 33.5 Å². The molecule has 0 bridgehead atoms. The van der Waals surface area contributed by atoms with E-state index in [-0.39, 0.29) is 130 Å². The lowest BCUT2D eigenvalue weighted by Gasteiger charge is -2.28. The molecule has 3 fully saturated rings. The van der Waals surface area contributed by atoms with Crippen molar-refractivity contribution in [1.82, 2.24) is 58.6 Å². The van der Waals surface area contributed by atoms with Gasteiger partial charge in [-0.15, -0.1) is 0 Å². The molecule has 0 aliphatic carbocycles. The number of anilines is 3. The first-order valence-electron chi connectivity index (χ1n) is 27.6. The highest BCUT2D eigenvalue weighted by molar-refractivity contribution is 7.47. The zero-order chi connectivity index (χ0) is 64.7. The number of ether oxygens (including phenoxy) is 13. The topological polar surface area (TPSA) is 585 Å². The number of rotatable bonds is 40. The SMILES string of the molecule is CO[C@H]1O[C@@H](n2cnc3c(N)ncnc32)[C@@H](OCOCCOCCN)C1OP(=O)(O)OC[C@H]1O[C@@H](n2cnc3c(N)ncnc32)[C@@H](OCOCCOCCN)C1OP(=O)(O)OC[C@H]1O[C@@H](n2cnc3c(N)ncnc32)[C@@H](OCOCCOCCN)C1OP(=O)(O)O. The van der Waals surface area contributed by atoms with Crippen LogP contribution >= 0.6 is 23.5 Å². The van der Waals surface area contributed by atoms with Crippen LogP contribution in [-0.4, -0.2) is 253 Å². The Hall–Kier alpha value is -5.26. The number of aromatic nitrogens is 12. The second-order valence-electron chi connectivity index (χ2n) is 19.4. The van der Waals surface area contributed by atoms with Crippen molar-refractivity contribution >= 4 is 74.4 Å². The molecule has 14 atom stereocenters. The Morgan fingerprint density at radius 3 is 1.15 bits per heavy atom. The van der Waals surface area contributed by atoms with Gasteiger partial charge in [0.15, 0.2) is 65.5 Å². The number of nitrogens with two attached hydrogens (primary N) is 6. The fraction of sp³-hybridized carbons (Fsp3) is 0.667. The molecule has 91 heavy (non-hydrogen) atoms. The summed E-state index contributed by atoms with van der Waals surface area (Å²) in [5.41, 5.74) is 35.5. The van der Waals surface area contributed by atoms with Gasteiger partial charge in [0.05, 0.1) is 91.7 Å². The molecule has 9 rings (SSSR count). The van der Waals surface area contributed by atoms with E-state index in [1.165, 1.54) is 46.1 Å². The molecule has 0 saturated carbocycles. The molecular formula is C45H71N18O25P3. The number of imidazole rings is 3. The van der Waals surface area contributed by atoms with Gasteiger partial charge in [-0.25, -0.2) is 58.6 Å². The molecule has 16 N–H and O–H groups in total. The summed E-state index contributed by atoms with van der Waals surface area (Å²) in [7, 11) is -15.3. The number of fused-ring (bicyclic) bond motifs is 3. The van der Waals surface area contributed by atoms with Gasteiger partial charge in [-0.3, -0.25) is 36.3 Å². The molecule has 3 aliphatic heterocycles. The average Bonchev–Trinajstić information content (AvgIpc) is 1.63. The van der Waals surface area contributed by atoms with Gasteiger partial charge in [0.1, 0.15) is 98.6 Å². The molecule has 506 valence electrons. The van der Waals surface area contributed by atoms with Gasteiger partial charge in [0.2, 0.25) is 0 Å². The van der Waals surface area contributed by atoms with Crippen LogP contribution in [0.1, 0.15) is 18.7 Å². The highest BCUT2D eigenvalue weighted by Crippen LogP contribution is 2.54. The van der Waals surface area contributed by atoms with Crippen LogP contribution in [0.4, 0.5) is 17.5 Å². The quantitative estimate of drug-likeness (QED) is 0.0104. The maximum Gasteiger partial charge on any atom is 0.472 e. The van der Waals surface area contributed by atoms with E-state index in [0.717, 1.165) is 12.7 Å². The lowest BCUT2D eigenvalue weighted by molar-refractivity contribution is -0.160. The van der Waals surface area contributed by atoms with Crippen LogP contribution in [0, 0.1) is 0 Å². The summed E-state index contributed by atoms with van der Waals surface area (Å²) < 4.78 is 150. The molecule has 3 saturated heterocycles. The van der Waals surface area contributed by atoms with Crippen LogP contribution in [0.5, 0.6) is 0 Å². The molecule has 6 aromatic heterocycles. The van der Waals surface area contributed by atoms with E-state index in [0.29, 0.717) is 0 Å². The van der Waals surface area contributed by atoms with Crippen molar-refractivity contribution in [1.29, 1.82) is 0 Å². The maximum absolute atomic E-state index is 14.7. The number of methoxy groups -OCH3 is 1. The summed E-state index contributed by atoms with van der Waals surface area (Å²) in [5, 5.41) is 0. The van der Waals surface area contributed by atoms with Crippen LogP contribution in [0.15, 0.2) is 38.0 Å². The van der Waals surface area contributed by atoms with Gasteiger partial charge in [-0.2, -0.15) is 0 Å². The van der Waals surface area contributed by atoms with Crippen molar-refractivity contribution in [2.75, 3.05) is 137 Å². The third-order valence-corrected chi connectivity index (χ3v) is 15.9. The number of phosphoric ester groups is 3. The minimum absolute atomic E-state index is 0.0159. The van der Waals surface area contributed by atoms with Crippen molar-refractivity contribution in [2.45, 2.75) is 73.8 Å². The lowest BCUT2D eigenvalue weighted by Crippen LogP contribution is -2.40. The molecule has 5 unspecified atom stereocenters. The first-order chi connectivity index (χ1) is 43.9. The third-order valence-electron chi connectivity index (χ3n) is 13.4. The van der Waals surface area contributed by atoms with Gasteiger partial charge in [-0.05, 0) is 0 Å². The summed E-state index contributed by atoms with van der Waals surface area (Å²) in [4.78, 5) is 81.7. The Kier molecular flexibility index (Phi) is 25.2. The number of hydrogen-bond acceptors (Lipinski definition) is 36. The second kappa shape index (κ2) is 32.7. The van der Waals surface area contributed by atoms with Gasteiger partial charge in [-0.1, -0.05) is 0 Å². The summed E-state index contributed by atoms with van der Waals surface area (Å²) in [6, 6.07) is 0. The predicted octanol–water partition coefficient (Wildman–Crippen LogP) is -2.97. The Morgan fingerprint density at radius 1 is 0.451 bits per heavy atom. The summed E-state index contributed by atoms with van der Waals surface area (Å²) in [6.07, 6.45) is -11.9. The average molecular weight is 1360 g/mol. The van der Waals surface area contributed by atoms with E-state index in [9.17, 15) is 33.3 Å². The van der Waals surface area contributed by atoms with Gasteiger partial charge < -0.3 is 116 Å². The zero-order valence-corrected chi connectivity index (χ0v) is 51.1. The predicted molar refractivity (Wildman–Crippen MR) is 303 cm³/mol. The van der Waals surface area contributed by atoms with Crippen molar-refractivity contribution in [3.05, 3.63) is 38.0 Å². The Morgan fingerprint density at radius 2 is 0.791 bits per heavy atom. The highest BCUT2D eigenvalue weighted by Gasteiger charge is 2.56. The third kappa shape index (κ3) is 18.0. The van der Waals surface area contributed by atoms with Crippen LogP contribution in [0.2, 0.25) is 0 Å². The molecule has 6 aromatic rings. The summed E-state index contributed by atoms with van der Waals surface area (Å²) in [6.45, 7) is -1.94. The van der Waals surface area contributed by atoms with E-state index in [1.807, 2.05) is 0 Å². The van der Waals surface area contributed by atoms with Crippen molar-refractivity contribution in [3.8, 4) is 0 Å². The largest absolute Gasteiger partial charge is 0.472 e. The van der Waals surface area contributed by atoms with E-state index in [4.69, 9.17) is 119 Å². The second-order valence-corrected chi connectivity index (χ2v) is 23.4. The fourth-order valence-corrected chi connectivity index (χ4v) is 12.0. The lowest BCUT2D eigenvalue weighted by atomic mass is 10.1. The number of phosphoric acid groups is 3. The molecule has 46 heteroatoms. The molecule has 0 aromatic carbocycles. The Balaban J connectivity index is 0.997. The highest BCUT2D eigenvalue weighted by atomic mass is 31.2. The fourth-order valence-electron chi connectivity index (χ4n) is 9.55. The summed E-state index contributed by atoms with van der Waals surface area (Å²) in [5.74, 6) is -0.0648. The van der Waals surface area contributed by atoms with Crippen molar-refractivity contribution in [2.24, 2.45) is 17.2 Å². The van der Waals surface area contributed by atoms with E-state index in [1.54, 1.807) is 0 Å². The smallest absolute Gasteiger partial charge is 0.382 e. The normalized spacial score (nSPS) is 26.0. The molecule has 3 aliphatic rings. The van der Waals surface area contributed by atoms with Crippen LogP contribution in [0.3, 0.4) is 0 Å². The first kappa shape index (κ1) is 70.1. The first-order valence-corrected chi connectivity index (χ1v) is 32.1. The molecule has 9 heterocycles. The zero-order valence-electron chi connectivity index (χ0n) is 48.4. The Bertz CT molecular complexity index is 3410. The van der Waals surface area contributed by atoms with Crippen molar-refractivity contribution < 1.29 is 117 Å². The number of hydrogen-bond donors (Lipinski definition) is 10. The van der Waals surface area contributed by atoms with Crippen LogP contribution in [-0.2, 0) is 97.9 Å². The van der Waals surface area contributed by atoms with E-state index < -0.39 is 131 Å². The van der Waals surface area contributed by atoms with Gasteiger partial charge >= 0.3 is 23.5 Å². The van der Waals surface area contributed by atoms with Gasteiger partial charge in [0.25, 0.3) is 0 Å². The number of nitrogen functional groups attached to an aromatic ring is 3. The number of nitrogens with zero attached hydrogens (tertiary/aromatic N) is 12. The molecule has 43 nitrogen and oxygen atoms in total. The van der Waals surface area contributed by atoms with E-state index in [2.05, 4.69) is 44.9 Å². The van der Waals surface area contributed by atoms with Crippen molar-refractivity contribution in [3.63, 3.8) is 0 Å². The van der Waals surface area contributed by atoms with Gasteiger partial charge in [0, 0.05) is 26.7 Å². The molecule has 0 spiro atoms.